The highest BCUT2D eigenvalue weighted by Gasteiger charge is 2.21. The number of nitrogens with one attached hydrogen (secondary N) is 1. The van der Waals surface area contributed by atoms with Crippen molar-refractivity contribution < 1.29 is 27.8 Å². The minimum Gasteiger partial charge on any atom is -0.478 e. The minimum absolute atomic E-state index is 0.0167. The van der Waals surface area contributed by atoms with Gasteiger partial charge in [0.25, 0.3) is 0 Å². The number of hydrogen-bond acceptors (Lipinski definition) is 4. The van der Waals surface area contributed by atoms with Crippen molar-refractivity contribution in [3.63, 3.8) is 0 Å². The van der Waals surface area contributed by atoms with E-state index >= 15 is 0 Å². The number of hydrogen-bond donors (Lipinski definition) is 3. The van der Waals surface area contributed by atoms with E-state index in [1.54, 1.807) is 0 Å². The van der Waals surface area contributed by atoms with Crippen molar-refractivity contribution in [3.8, 4) is 0 Å². The fourth-order valence-electron chi connectivity index (χ4n) is 1.42. The van der Waals surface area contributed by atoms with E-state index in [1.165, 1.54) is 6.92 Å². The molecule has 0 atom stereocenters. The average Bonchev–Trinajstić information content (AvgIpc) is 2.32. The number of aliphatic hydroxyl groups excluding tert-OH is 1. The molecular weight excluding hydrogens is 277 g/mol. The summed E-state index contributed by atoms with van der Waals surface area (Å²) in [6.07, 6.45) is 0.208. The molecule has 0 unspecified atom stereocenters. The lowest BCUT2D eigenvalue weighted by Gasteiger charge is -2.10. The van der Waals surface area contributed by atoms with Crippen molar-refractivity contribution in [2.45, 2.75) is 18.2 Å². The van der Waals surface area contributed by atoms with Crippen LogP contribution in [0, 0.1) is 12.7 Å². The molecule has 0 aromatic heterocycles. The summed E-state index contributed by atoms with van der Waals surface area (Å²) in [4.78, 5) is 10.4. The molecular formula is C11H14FNO5S. The molecule has 6 nitrogen and oxygen atoms in total. The summed E-state index contributed by atoms with van der Waals surface area (Å²) in [7, 11) is -4.01. The van der Waals surface area contributed by atoms with Crippen LogP contribution in [-0.2, 0) is 10.0 Å². The molecule has 0 saturated heterocycles. The molecule has 3 N–H and O–H groups in total. The van der Waals surface area contributed by atoms with Crippen molar-refractivity contribution in [2.24, 2.45) is 0 Å². The number of aromatic carboxylic acids is 1. The van der Waals surface area contributed by atoms with Crippen molar-refractivity contribution in [2.75, 3.05) is 13.2 Å². The lowest BCUT2D eigenvalue weighted by atomic mass is 10.1. The lowest BCUT2D eigenvalue weighted by Crippen LogP contribution is -2.26. The molecule has 19 heavy (non-hydrogen) atoms. The topological polar surface area (TPSA) is 104 Å². The Labute approximate surface area is 109 Å². The van der Waals surface area contributed by atoms with E-state index in [-0.39, 0.29) is 25.1 Å². The zero-order valence-corrected chi connectivity index (χ0v) is 11.0. The number of aliphatic hydroxyl groups is 1. The third-order valence-electron chi connectivity index (χ3n) is 2.46. The van der Waals surface area contributed by atoms with Gasteiger partial charge in [-0.15, -0.1) is 0 Å². The number of carboxylic acids is 1. The third kappa shape index (κ3) is 3.72. The number of rotatable bonds is 6. The van der Waals surface area contributed by atoms with Crippen molar-refractivity contribution >= 4 is 16.0 Å². The van der Waals surface area contributed by atoms with Gasteiger partial charge < -0.3 is 10.2 Å². The molecule has 0 bridgehead atoms. The molecule has 1 rings (SSSR count). The molecule has 0 aliphatic heterocycles. The average molecular weight is 291 g/mol. The van der Waals surface area contributed by atoms with Crippen LogP contribution in [0.25, 0.3) is 0 Å². The van der Waals surface area contributed by atoms with Crippen molar-refractivity contribution in [1.82, 2.24) is 4.72 Å². The lowest BCUT2D eigenvalue weighted by molar-refractivity contribution is 0.0696. The summed E-state index contributed by atoms with van der Waals surface area (Å²) in [5, 5.41) is 17.4. The number of sulfonamides is 1. The largest absolute Gasteiger partial charge is 0.478 e. The van der Waals surface area contributed by atoms with Gasteiger partial charge in [0.15, 0.2) is 0 Å². The Bertz CT molecular complexity index is 585. The van der Waals surface area contributed by atoms with Crippen LogP contribution in [0.15, 0.2) is 17.0 Å². The summed E-state index contributed by atoms with van der Waals surface area (Å²) in [5.74, 6) is -2.31. The van der Waals surface area contributed by atoms with E-state index in [0.29, 0.717) is 0 Å². The Morgan fingerprint density at radius 3 is 2.58 bits per heavy atom. The number of carboxylic acid groups (broad SMARTS) is 1. The van der Waals surface area contributed by atoms with Crippen LogP contribution in [0.3, 0.4) is 0 Å². The van der Waals surface area contributed by atoms with Crippen LogP contribution in [0.2, 0.25) is 0 Å². The quantitative estimate of drug-likeness (QED) is 0.662. The minimum atomic E-state index is -4.01. The van der Waals surface area contributed by atoms with Gasteiger partial charge in [-0.3, -0.25) is 0 Å². The van der Waals surface area contributed by atoms with Crippen molar-refractivity contribution in [3.05, 3.63) is 29.1 Å². The second-order valence-electron chi connectivity index (χ2n) is 3.86. The molecule has 106 valence electrons. The highest BCUT2D eigenvalue weighted by molar-refractivity contribution is 7.89. The Balaban J connectivity index is 3.21. The van der Waals surface area contributed by atoms with Crippen LogP contribution in [0.5, 0.6) is 0 Å². The molecule has 1 aromatic carbocycles. The molecule has 0 fully saturated rings. The van der Waals surface area contributed by atoms with E-state index < -0.39 is 32.3 Å². The summed E-state index contributed by atoms with van der Waals surface area (Å²) >= 11 is 0. The normalized spacial score (nSPS) is 11.5. The molecule has 0 aliphatic carbocycles. The Morgan fingerprint density at radius 2 is 2.05 bits per heavy atom. The monoisotopic (exact) mass is 291 g/mol. The van der Waals surface area contributed by atoms with E-state index in [4.69, 9.17) is 10.2 Å². The maximum absolute atomic E-state index is 13.5. The summed E-state index contributed by atoms with van der Waals surface area (Å²) in [5.41, 5.74) is -0.591. The van der Waals surface area contributed by atoms with Crippen LogP contribution in [-0.4, -0.2) is 37.8 Å². The van der Waals surface area contributed by atoms with Gasteiger partial charge in [-0.05, 0) is 25.5 Å². The zero-order chi connectivity index (χ0) is 14.6. The van der Waals surface area contributed by atoms with Gasteiger partial charge in [0.1, 0.15) is 5.82 Å². The summed E-state index contributed by atoms with van der Waals surface area (Å²) in [6, 6.07) is 1.67. The first-order chi connectivity index (χ1) is 8.79. The van der Waals surface area contributed by atoms with Crippen LogP contribution < -0.4 is 4.72 Å². The van der Waals surface area contributed by atoms with Gasteiger partial charge in [0.2, 0.25) is 10.0 Å². The first-order valence-electron chi connectivity index (χ1n) is 5.43. The maximum atomic E-state index is 13.5. The highest BCUT2D eigenvalue weighted by Crippen LogP contribution is 2.20. The summed E-state index contributed by atoms with van der Waals surface area (Å²) in [6.45, 7) is 1.05. The maximum Gasteiger partial charge on any atom is 0.335 e. The van der Waals surface area contributed by atoms with E-state index in [0.717, 1.165) is 12.1 Å². The molecule has 0 aliphatic rings. The van der Waals surface area contributed by atoms with Crippen LogP contribution >= 0.6 is 0 Å². The highest BCUT2D eigenvalue weighted by atomic mass is 32.2. The Morgan fingerprint density at radius 1 is 1.42 bits per heavy atom. The SMILES string of the molecule is Cc1c(F)cc(C(=O)O)cc1S(=O)(=O)NCCCO. The van der Waals surface area contributed by atoms with Gasteiger partial charge >= 0.3 is 5.97 Å². The van der Waals surface area contributed by atoms with Crippen molar-refractivity contribution in [1.29, 1.82) is 0 Å². The Hall–Kier alpha value is -1.51. The number of carbonyl (C=O) groups is 1. The molecule has 0 radical (unpaired) electrons. The fraction of sp³-hybridized carbons (Fsp3) is 0.364. The molecule has 0 spiro atoms. The molecule has 0 amide bonds. The third-order valence-corrected chi connectivity index (χ3v) is 4.05. The number of halogens is 1. The first-order valence-corrected chi connectivity index (χ1v) is 6.92. The van der Waals surface area contributed by atoms with Gasteiger partial charge in [0, 0.05) is 18.7 Å². The second kappa shape index (κ2) is 6.09. The van der Waals surface area contributed by atoms with Gasteiger partial charge in [0.05, 0.1) is 10.5 Å². The second-order valence-corrected chi connectivity index (χ2v) is 5.60. The molecule has 1 aromatic rings. The predicted molar refractivity (Wildman–Crippen MR) is 65.0 cm³/mol. The smallest absolute Gasteiger partial charge is 0.335 e. The Kier molecular flexibility index (Phi) is 4.98. The fourth-order valence-corrected chi connectivity index (χ4v) is 2.77. The zero-order valence-electron chi connectivity index (χ0n) is 10.2. The van der Waals surface area contributed by atoms with E-state index in [1.807, 2.05) is 0 Å². The standard InChI is InChI=1S/C11H14FNO5S/c1-7-9(12)5-8(11(15)16)6-10(7)19(17,18)13-3-2-4-14/h5-6,13-14H,2-4H2,1H3,(H,15,16). The molecule has 8 heteroatoms. The van der Waals surface area contributed by atoms with E-state index in [2.05, 4.69) is 4.72 Å². The molecule has 0 heterocycles. The predicted octanol–water partition coefficient (Wildman–Crippen LogP) is 0.493. The molecule has 0 saturated carbocycles. The first kappa shape index (κ1) is 15.5. The van der Waals surface area contributed by atoms with Gasteiger partial charge in [-0.1, -0.05) is 0 Å². The number of benzene rings is 1. The van der Waals surface area contributed by atoms with E-state index in [9.17, 15) is 17.6 Å². The van der Waals surface area contributed by atoms with Crippen LogP contribution in [0.4, 0.5) is 4.39 Å². The van der Waals surface area contributed by atoms with Crippen LogP contribution in [0.1, 0.15) is 22.3 Å². The van der Waals surface area contributed by atoms with Gasteiger partial charge in [-0.25, -0.2) is 22.3 Å². The van der Waals surface area contributed by atoms with Gasteiger partial charge in [-0.2, -0.15) is 0 Å². The summed E-state index contributed by atoms with van der Waals surface area (Å²) < 4.78 is 39.5.